The first-order chi connectivity index (χ1) is 24.2. The van der Waals surface area contributed by atoms with E-state index in [4.69, 9.17) is 14.6 Å². The summed E-state index contributed by atoms with van der Waals surface area (Å²) in [5, 5.41) is 22.0. The van der Waals surface area contributed by atoms with E-state index in [9.17, 15) is 14.7 Å². The molecule has 290 valence electrons. The first kappa shape index (κ1) is 39.1. The summed E-state index contributed by atoms with van der Waals surface area (Å²) in [6.45, 7) is 23.0. The van der Waals surface area contributed by atoms with Gasteiger partial charge < -0.3 is 25.2 Å². The summed E-state index contributed by atoms with van der Waals surface area (Å²) in [6, 6.07) is -0.364. The lowest BCUT2D eigenvalue weighted by molar-refractivity contribution is -0.251. The maximum absolute atomic E-state index is 15.1. The average molecular weight is 724 g/mol. The van der Waals surface area contributed by atoms with E-state index in [1.165, 1.54) is 6.33 Å². The zero-order valence-corrected chi connectivity index (χ0v) is 33.8. The van der Waals surface area contributed by atoms with Crippen LogP contribution in [0.15, 0.2) is 18.0 Å². The molecule has 4 fully saturated rings. The van der Waals surface area contributed by atoms with Gasteiger partial charge in [-0.1, -0.05) is 67.9 Å². The van der Waals surface area contributed by atoms with Gasteiger partial charge in [0.15, 0.2) is 5.78 Å². The van der Waals surface area contributed by atoms with Crippen molar-refractivity contribution in [3.63, 3.8) is 0 Å². The van der Waals surface area contributed by atoms with Crippen molar-refractivity contribution in [2.45, 2.75) is 119 Å². The number of carboxylic acid groups (broad SMARTS) is 1. The van der Waals surface area contributed by atoms with Gasteiger partial charge >= 0.3 is 5.97 Å². The number of likely N-dealkylation sites (N-methyl/N-ethyl adjacent to an activating group) is 1. The van der Waals surface area contributed by atoms with Gasteiger partial charge in [-0.15, -0.1) is 0 Å². The second-order valence-corrected chi connectivity index (χ2v) is 19.2. The molecular weight excluding hydrogens is 658 g/mol. The number of hydrogen-bond acceptors (Lipinski definition) is 8. The quantitative estimate of drug-likeness (QED) is 0.266. The molecule has 52 heavy (non-hydrogen) atoms. The maximum atomic E-state index is 15.1. The Morgan fingerprint density at radius 3 is 2.38 bits per heavy atom. The van der Waals surface area contributed by atoms with Gasteiger partial charge in [-0.25, -0.2) is 9.67 Å². The second-order valence-electron chi connectivity index (χ2n) is 19.2. The van der Waals surface area contributed by atoms with Gasteiger partial charge in [-0.05, 0) is 92.6 Å². The van der Waals surface area contributed by atoms with Crippen molar-refractivity contribution in [1.29, 1.82) is 0 Å². The van der Waals surface area contributed by atoms with Crippen LogP contribution >= 0.6 is 0 Å². The summed E-state index contributed by atoms with van der Waals surface area (Å²) >= 11 is 0. The van der Waals surface area contributed by atoms with Crippen LogP contribution in [0.5, 0.6) is 0 Å². The molecule has 6 rings (SSSR count). The number of carbonyl (C=O) groups excluding carboxylic acids is 2. The van der Waals surface area contributed by atoms with Gasteiger partial charge in [-0.3, -0.25) is 14.4 Å². The molecule has 0 spiro atoms. The first-order valence-corrected chi connectivity index (χ1v) is 19.7. The lowest BCUT2D eigenvalue weighted by Crippen LogP contribution is -2.70. The molecule has 0 unspecified atom stereocenters. The molecule has 1 amide bonds. The first-order valence-electron chi connectivity index (χ1n) is 19.7. The number of ketones is 1. The number of aliphatic carboxylic acids is 1. The van der Waals surface area contributed by atoms with Crippen molar-refractivity contribution >= 4 is 17.7 Å². The molecule has 11 nitrogen and oxygen atoms in total. The highest BCUT2D eigenvalue weighted by Crippen LogP contribution is 2.75. The number of nitrogens with one attached hydrogen (secondary N) is 2. The minimum absolute atomic E-state index is 0.0129. The molecule has 3 saturated carbocycles. The number of carboxylic acids is 1. The molecule has 2 heterocycles. The summed E-state index contributed by atoms with van der Waals surface area (Å²) in [5.74, 6) is -0.964. The number of rotatable bonds is 10. The molecule has 1 aromatic heterocycles. The third kappa shape index (κ3) is 5.17. The van der Waals surface area contributed by atoms with Crippen molar-refractivity contribution in [2.75, 3.05) is 33.9 Å². The van der Waals surface area contributed by atoms with Crippen molar-refractivity contribution in [3.05, 3.63) is 23.8 Å². The molecule has 0 radical (unpaired) electrons. The molecule has 12 atom stereocenters. The van der Waals surface area contributed by atoms with Crippen molar-refractivity contribution < 1.29 is 29.0 Å². The van der Waals surface area contributed by atoms with Crippen LogP contribution < -0.4 is 10.6 Å². The highest BCUT2D eigenvalue weighted by atomic mass is 16.5. The van der Waals surface area contributed by atoms with E-state index in [0.717, 1.165) is 31.3 Å². The van der Waals surface area contributed by atoms with E-state index in [1.54, 1.807) is 11.7 Å². The number of amides is 1. The molecule has 4 aliphatic carbocycles. The Labute approximate surface area is 310 Å². The number of carbonyl (C=O) groups is 3. The summed E-state index contributed by atoms with van der Waals surface area (Å²) in [7, 11) is 3.56. The van der Waals surface area contributed by atoms with Gasteiger partial charge in [0.05, 0.1) is 37.9 Å². The minimum Gasteiger partial charge on any atom is -0.481 e. The highest BCUT2D eigenvalue weighted by Gasteiger charge is 2.74. The topological polar surface area (TPSA) is 145 Å². The predicted molar refractivity (Wildman–Crippen MR) is 198 cm³/mol. The molecule has 11 heteroatoms. The molecule has 1 aliphatic heterocycles. The van der Waals surface area contributed by atoms with Crippen molar-refractivity contribution in [2.24, 2.45) is 62.6 Å². The molecular formula is C41H65N5O6. The van der Waals surface area contributed by atoms with E-state index < -0.39 is 39.0 Å². The highest BCUT2D eigenvalue weighted by molar-refractivity contribution is 6.00. The lowest BCUT2D eigenvalue weighted by Gasteiger charge is -2.70. The van der Waals surface area contributed by atoms with Crippen molar-refractivity contribution in [3.8, 4) is 0 Å². The SMILES string of the molecule is CNC(=O)c1ncnn1[C@@H]1C[C@@]23COC[C@](C)([C@@H]2CC[C@H]2C3=CC(=O)[C@@]3(C)[C@H](C(=O)O)[C@@](C)([C@H](C)C(C)C)CC[C@]23C)[C@H]1OC[C@](C)(NC)C(C)C. The van der Waals surface area contributed by atoms with E-state index in [0.29, 0.717) is 32.2 Å². The average Bonchev–Trinajstić information content (AvgIpc) is 3.58. The van der Waals surface area contributed by atoms with Crippen LogP contribution in [0.1, 0.15) is 118 Å². The number of aromatic nitrogens is 3. The Hall–Kier alpha value is -2.63. The smallest absolute Gasteiger partial charge is 0.308 e. The molecule has 2 bridgehead atoms. The van der Waals surface area contributed by atoms with E-state index >= 15 is 4.79 Å². The third-order valence-electron chi connectivity index (χ3n) is 16.7. The summed E-state index contributed by atoms with van der Waals surface area (Å²) < 4.78 is 15.5. The number of nitrogens with zero attached hydrogens (tertiary/aromatic N) is 3. The third-order valence-corrected chi connectivity index (χ3v) is 16.7. The molecule has 5 aliphatic rings. The van der Waals surface area contributed by atoms with Gasteiger partial charge in [0.1, 0.15) is 6.33 Å². The van der Waals surface area contributed by atoms with Crippen LogP contribution in [0.4, 0.5) is 0 Å². The number of hydrogen-bond donors (Lipinski definition) is 3. The van der Waals surface area contributed by atoms with Gasteiger partial charge in [0.2, 0.25) is 5.82 Å². The van der Waals surface area contributed by atoms with Crippen LogP contribution in [0.3, 0.4) is 0 Å². The molecule has 1 saturated heterocycles. The second kappa shape index (κ2) is 13.0. The van der Waals surface area contributed by atoms with Crippen LogP contribution in [0.2, 0.25) is 0 Å². The Kier molecular flexibility index (Phi) is 9.77. The number of fused-ring (bicyclic) bond motifs is 3. The fourth-order valence-electron chi connectivity index (χ4n) is 12.5. The number of ether oxygens (including phenoxy) is 2. The Bertz CT molecular complexity index is 1620. The minimum atomic E-state index is -1.07. The van der Waals surface area contributed by atoms with Crippen molar-refractivity contribution in [1.82, 2.24) is 25.4 Å². The number of allylic oxidation sites excluding steroid dienone is 1. The zero-order valence-electron chi connectivity index (χ0n) is 33.8. The molecule has 1 aromatic rings. The summed E-state index contributed by atoms with van der Waals surface area (Å²) in [6.07, 6.45) is 6.85. The van der Waals surface area contributed by atoms with Gasteiger partial charge in [0, 0.05) is 28.8 Å². The standard InChI is InChI=1S/C41H65N5O6/c1-23(2)25(5)36(6)15-16-38(8)26-13-14-29-37(7)19-51-21-41(29,27(26)17-30(47)40(38,10)31(36)35(49)50)18-28(46-33(34(48)42-11)44-22-45-46)32(37)52-20-39(9,43-12)24(3)4/h17,22-26,28-29,31-32,43H,13-16,18-21H2,1-12H3,(H,42,48)(H,49,50)/t25-,26+,28-,29+,31-,32+,36-,37-,38-,39+,40+,41+/m1/s1. The van der Waals surface area contributed by atoms with E-state index in [-0.39, 0.29) is 58.9 Å². The lowest BCUT2D eigenvalue weighted by atomic mass is 9.34. The fourth-order valence-corrected chi connectivity index (χ4v) is 12.5. The Morgan fingerprint density at radius 2 is 1.79 bits per heavy atom. The Balaban J connectivity index is 1.51. The summed E-state index contributed by atoms with van der Waals surface area (Å²) in [5.41, 5.74) is -2.35. The van der Waals surface area contributed by atoms with Crippen LogP contribution in [0, 0.1) is 62.6 Å². The molecule has 0 aromatic carbocycles. The van der Waals surface area contributed by atoms with Gasteiger partial charge in [0.25, 0.3) is 5.91 Å². The normalized spacial score (nSPS) is 41.7. The molecule has 3 N–H and O–H groups in total. The fraction of sp³-hybridized carbons (Fsp3) is 0.829. The van der Waals surface area contributed by atoms with E-state index in [2.05, 4.69) is 77.9 Å². The van der Waals surface area contributed by atoms with E-state index in [1.807, 2.05) is 20.0 Å². The van der Waals surface area contributed by atoms with Gasteiger partial charge in [-0.2, -0.15) is 5.10 Å². The maximum Gasteiger partial charge on any atom is 0.308 e. The van der Waals surface area contributed by atoms with Crippen LogP contribution in [-0.2, 0) is 19.1 Å². The zero-order chi connectivity index (χ0) is 38.4. The summed E-state index contributed by atoms with van der Waals surface area (Å²) in [4.78, 5) is 46.2. The Morgan fingerprint density at radius 1 is 1.10 bits per heavy atom. The largest absolute Gasteiger partial charge is 0.481 e. The van der Waals surface area contributed by atoms with Crippen LogP contribution in [0.25, 0.3) is 0 Å². The monoisotopic (exact) mass is 723 g/mol. The predicted octanol–water partition coefficient (Wildman–Crippen LogP) is 5.97. The van der Waals surface area contributed by atoms with Crippen LogP contribution in [-0.4, -0.2) is 83.1 Å².